The van der Waals surface area contributed by atoms with Crippen molar-refractivity contribution in [2.75, 3.05) is 39.6 Å². The van der Waals surface area contributed by atoms with Gasteiger partial charge in [0.1, 0.15) is 19.3 Å². The Kier molecular flexibility index (Phi) is 70.6. The van der Waals surface area contributed by atoms with E-state index in [0.29, 0.717) is 31.6 Å². The van der Waals surface area contributed by atoms with Crippen LogP contribution in [0.4, 0.5) is 0 Å². The lowest BCUT2D eigenvalue weighted by Gasteiger charge is -2.21. The minimum absolute atomic E-state index is 0.107. The van der Waals surface area contributed by atoms with Crippen LogP contribution in [0.2, 0.25) is 0 Å². The maximum absolute atomic E-state index is 13.1. The molecule has 0 radical (unpaired) electrons. The molecule has 0 aliphatic rings. The van der Waals surface area contributed by atoms with Crippen molar-refractivity contribution in [1.29, 1.82) is 0 Å². The molecule has 0 saturated carbocycles. The van der Waals surface area contributed by atoms with Gasteiger partial charge >= 0.3 is 39.5 Å². The predicted molar refractivity (Wildman–Crippen MR) is 418 cm³/mol. The molecular formula is C83H162O17P2. The first-order valence-corrected chi connectivity index (χ1v) is 45.7. The Bertz CT molecular complexity index is 1990. The number of unbranched alkanes of at least 4 members (excludes halogenated alkanes) is 46. The van der Waals surface area contributed by atoms with Crippen LogP contribution in [-0.2, 0) is 65.4 Å². The fraction of sp³-hybridized carbons (Fsp3) is 0.952. The van der Waals surface area contributed by atoms with E-state index in [-0.39, 0.29) is 25.7 Å². The monoisotopic (exact) mass is 1490 g/mol. The van der Waals surface area contributed by atoms with E-state index in [2.05, 4.69) is 55.4 Å². The number of carbonyl (C=O) groups is 4. The standard InChI is InChI=1S/C83H162O17P2/c1-73(2)59-51-43-35-29-23-17-13-11-9-10-12-14-20-27-33-39-49-57-65-83(88)100-79(70-94-81(86)64-56-48-42-41-46-54-62-76(7)8)72-98-102(91,92)96-68-77(84)67-95-101(89,90)97-71-78(99-82(87)66-58-50-40-34-28-22-21-25-31-37-45-53-61-75(5)6)69-93-80(85)63-55-47-38-32-26-19-16-15-18-24-30-36-44-52-60-74(3)4/h73-79,84H,9-72H2,1-8H3,(H,89,90)(H,91,92)/t77?,78-,79-/m1/s1. The number of hydrogen-bond donors (Lipinski definition) is 3. The third-order valence-electron chi connectivity index (χ3n) is 19.3. The summed E-state index contributed by atoms with van der Waals surface area (Å²) in [5, 5.41) is 10.6. The molecule has 17 nitrogen and oxygen atoms in total. The van der Waals surface area contributed by atoms with Gasteiger partial charge in [0.05, 0.1) is 26.4 Å². The van der Waals surface area contributed by atoms with Crippen LogP contribution in [0.3, 0.4) is 0 Å². The second kappa shape index (κ2) is 72.0. The van der Waals surface area contributed by atoms with E-state index in [1.165, 1.54) is 225 Å². The van der Waals surface area contributed by atoms with Crippen molar-refractivity contribution in [3.8, 4) is 0 Å². The summed E-state index contributed by atoms with van der Waals surface area (Å²) in [5.74, 6) is 0.962. The third-order valence-corrected chi connectivity index (χ3v) is 21.2. The fourth-order valence-corrected chi connectivity index (χ4v) is 14.4. The lowest BCUT2D eigenvalue weighted by Crippen LogP contribution is -2.30. The molecule has 0 fully saturated rings. The van der Waals surface area contributed by atoms with Crippen LogP contribution >= 0.6 is 15.6 Å². The first-order valence-electron chi connectivity index (χ1n) is 42.7. The number of esters is 4. The molecule has 102 heavy (non-hydrogen) atoms. The van der Waals surface area contributed by atoms with E-state index in [0.717, 1.165) is 114 Å². The molecule has 0 heterocycles. The molecule has 0 saturated heterocycles. The summed E-state index contributed by atoms with van der Waals surface area (Å²) in [5.41, 5.74) is 0. The Labute approximate surface area is 626 Å². The average Bonchev–Trinajstić information content (AvgIpc) is 0.907. The fourth-order valence-electron chi connectivity index (χ4n) is 12.8. The summed E-state index contributed by atoms with van der Waals surface area (Å²) in [7, 11) is -9.92. The second-order valence-electron chi connectivity index (χ2n) is 31.8. The van der Waals surface area contributed by atoms with Crippen LogP contribution in [0, 0.1) is 23.7 Å². The zero-order chi connectivity index (χ0) is 75.3. The topological polar surface area (TPSA) is 237 Å². The molecule has 3 N–H and O–H groups in total. The van der Waals surface area contributed by atoms with Gasteiger partial charge in [0, 0.05) is 25.7 Å². The van der Waals surface area contributed by atoms with Crippen LogP contribution < -0.4 is 0 Å². The van der Waals surface area contributed by atoms with Gasteiger partial charge in [-0.25, -0.2) is 9.13 Å². The van der Waals surface area contributed by atoms with Crippen LogP contribution in [0.15, 0.2) is 0 Å². The van der Waals surface area contributed by atoms with Crippen molar-refractivity contribution < 1.29 is 80.2 Å². The van der Waals surface area contributed by atoms with Gasteiger partial charge in [0.2, 0.25) is 0 Å². The maximum atomic E-state index is 13.1. The Hall–Kier alpha value is -1.94. The summed E-state index contributed by atoms with van der Waals surface area (Å²) in [6.45, 7) is 14.2. The summed E-state index contributed by atoms with van der Waals surface area (Å²) < 4.78 is 68.7. The lowest BCUT2D eigenvalue weighted by molar-refractivity contribution is -0.161. The van der Waals surface area contributed by atoms with Crippen LogP contribution in [0.1, 0.15) is 428 Å². The summed E-state index contributed by atoms with van der Waals surface area (Å²) >= 11 is 0. The van der Waals surface area contributed by atoms with Gasteiger partial charge in [-0.15, -0.1) is 0 Å². The van der Waals surface area contributed by atoms with Crippen molar-refractivity contribution in [1.82, 2.24) is 0 Å². The molecule has 3 unspecified atom stereocenters. The van der Waals surface area contributed by atoms with E-state index in [1.807, 2.05) is 0 Å². The molecule has 0 rings (SSSR count). The van der Waals surface area contributed by atoms with Gasteiger partial charge in [0.25, 0.3) is 0 Å². The molecule has 0 aromatic carbocycles. The SMILES string of the molecule is CC(C)CCCCCCCCCCCCCCCCCCCCC(=O)O[C@H](COC(=O)CCCCCCCCC(C)C)COP(=O)(O)OCC(O)COP(=O)(O)OC[C@@H](COC(=O)CCCCCCCCCCCCCCCCC(C)C)OC(=O)CCCCCCCCCCCCCCC(C)C. The molecule has 5 atom stereocenters. The highest BCUT2D eigenvalue weighted by atomic mass is 31.2. The Morgan fingerprint density at radius 1 is 0.245 bits per heavy atom. The van der Waals surface area contributed by atoms with E-state index in [9.17, 15) is 43.2 Å². The smallest absolute Gasteiger partial charge is 0.462 e. The van der Waals surface area contributed by atoms with Gasteiger partial charge in [0.15, 0.2) is 12.2 Å². The van der Waals surface area contributed by atoms with Gasteiger partial charge in [-0.05, 0) is 49.4 Å². The van der Waals surface area contributed by atoms with E-state index < -0.39 is 97.5 Å². The van der Waals surface area contributed by atoms with Crippen LogP contribution in [0.5, 0.6) is 0 Å². The highest BCUT2D eigenvalue weighted by Gasteiger charge is 2.30. The molecule has 0 aromatic rings. The van der Waals surface area contributed by atoms with Gasteiger partial charge in [-0.2, -0.15) is 0 Å². The average molecular weight is 1490 g/mol. The van der Waals surface area contributed by atoms with Crippen molar-refractivity contribution in [3.05, 3.63) is 0 Å². The van der Waals surface area contributed by atoms with E-state index in [1.54, 1.807) is 0 Å². The molecule has 0 aliphatic heterocycles. The number of carbonyl (C=O) groups excluding carboxylic acids is 4. The Morgan fingerprint density at radius 2 is 0.412 bits per heavy atom. The number of rotatable bonds is 80. The van der Waals surface area contributed by atoms with Crippen molar-refractivity contribution in [3.63, 3.8) is 0 Å². The number of phosphoric ester groups is 2. The first-order chi connectivity index (χ1) is 49.1. The molecular weight excluding hydrogens is 1330 g/mol. The highest BCUT2D eigenvalue weighted by Crippen LogP contribution is 2.45. The summed E-state index contributed by atoms with van der Waals surface area (Å²) in [6, 6.07) is 0. The molecule has 19 heteroatoms. The minimum atomic E-state index is -4.96. The van der Waals surface area contributed by atoms with Crippen molar-refractivity contribution in [2.45, 2.75) is 446 Å². The molecule has 0 amide bonds. The maximum Gasteiger partial charge on any atom is 0.472 e. The quantitative estimate of drug-likeness (QED) is 0.0222. The van der Waals surface area contributed by atoms with Crippen LogP contribution in [-0.4, -0.2) is 96.7 Å². The minimum Gasteiger partial charge on any atom is -0.462 e. The van der Waals surface area contributed by atoms with Crippen molar-refractivity contribution >= 4 is 39.5 Å². The zero-order valence-corrected chi connectivity index (χ0v) is 69.0. The molecule has 0 aromatic heterocycles. The number of aliphatic hydroxyl groups excluding tert-OH is 1. The molecule has 0 bridgehead atoms. The first kappa shape index (κ1) is 100. The van der Waals surface area contributed by atoms with Gasteiger partial charge in [-0.1, -0.05) is 376 Å². The zero-order valence-electron chi connectivity index (χ0n) is 67.2. The molecule has 606 valence electrons. The van der Waals surface area contributed by atoms with Crippen molar-refractivity contribution in [2.24, 2.45) is 23.7 Å². The Balaban J connectivity index is 5.19. The van der Waals surface area contributed by atoms with Gasteiger partial charge < -0.3 is 33.8 Å². The Morgan fingerprint density at radius 3 is 0.608 bits per heavy atom. The molecule has 0 spiro atoms. The lowest BCUT2D eigenvalue weighted by atomic mass is 10.0. The van der Waals surface area contributed by atoms with Crippen LogP contribution in [0.25, 0.3) is 0 Å². The normalized spacial score (nSPS) is 14.0. The largest absolute Gasteiger partial charge is 0.472 e. The summed E-state index contributed by atoms with van der Waals surface area (Å²) in [6.07, 6.45) is 59.9. The van der Waals surface area contributed by atoms with E-state index in [4.69, 9.17) is 37.0 Å². The highest BCUT2D eigenvalue weighted by molar-refractivity contribution is 7.47. The predicted octanol–water partition coefficient (Wildman–Crippen LogP) is 24.8. The summed E-state index contributed by atoms with van der Waals surface area (Å²) in [4.78, 5) is 73.0. The molecule has 0 aliphatic carbocycles. The second-order valence-corrected chi connectivity index (χ2v) is 34.7. The number of phosphoric acid groups is 2. The van der Waals surface area contributed by atoms with Gasteiger partial charge in [-0.3, -0.25) is 37.3 Å². The number of hydrogen-bond acceptors (Lipinski definition) is 15. The number of aliphatic hydroxyl groups is 1. The van der Waals surface area contributed by atoms with E-state index >= 15 is 0 Å². The number of ether oxygens (including phenoxy) is 4. The third kappa shape index (κ3) is 76.3.